The Morgan fingerprint density at radius 2 is 2.15 bits per heavy atom. The minimum Gasteiger partial charge on any atom is -0.374 e. The number of nitrogen functional groups attached to an aromatic ring is 1. The van der Waals surface area contributed by atoms with E-state index in [-0.39, 0.29) is 6.10 Å². The van der Waals surface area contributed by atoms with Gasteiger partial charge in [-0.05, 0) is 19.2 Å². The number of benzene rings is 1. The molecule has 2 N–H and O–H groups in total. The lowest BCUT2D eigenvalue weighted by atomic mass is 10.2. The van der Waals surface area contributed by atoms with E-state index in [9.17, 15) is 0 Å². The van der Waals surface area contributed by atoms with E-state index in [4.69, 9.17) is 33.7 Å². The molecular formula is C13H16Cl2N4O. The first-order chi connectivity index (χ1) is 9.54. The molecule has 2 aromatic rings. The van der Waals surface area contributed by atoms with E-state index >= 15 is 0 Å². The van der Waals surface area contributed by atoms with E-state index < -0.39 is 0 Å². The van der Waals surface area contributed by atoms with E-state index in [0.29, 0.717) is 22.5 Å². The predicted molar refractivity (Wildman–Crippen MR) is 81.4 cm³/mol. The molecule has 3 rings (SSSR count). The van der Waals surface area contributed by atoms with Gasteiger partial charge in [-0.15, -0.1) is 0 Å². The molecule has 1 aliphatic rings. The first-order valence-corrected chi connectivity index (χ1v) is 7.21. The number of nitrogens with zero attached hydrogens (tertiary/aromatic N) is 3. The zero-order valence-electron chi connectivity index (χ0n) is 11.1. The van der Waals surface area contributed by atoms with Crippen LogP contribution in [0.15, 0.2) is 12.1 Å². The van der Waals surface area contributed by atoms with Crippen LogP contribution in [0.2, 0.25) is 10.0 Å². The molecule has 1 aromatic heterocycles. The lowest BCUT2D eigenvalue weighted by molar-refractivity contribution is -0.0267. The minimum atomic E-state index is 0.0999. The molecule has 0 aliphatic carbocycles. The molecule has 2 heterocycles. The van der Waals surface area contributed by atoms with Crippen molar-refractivity contribution in [2.75, 3.05) is 32.5 Å². The van der Waals surface area contributed by atoms with Crippen molar-refractivity contribution in [1.29, 1.82) is 0 Å². The SMILES string of the molecule is CN1CCOC(Cn2c(N)nc3cc(Cl)c(Cl)cc32)C1. The monoisotopic (exact) mass is 314 g/mol. The van der Waals surface area contributed by atoms with Gasteiger partial charge in [-0.1, -0.05) is 23.2 Å². The van der Waals surface area contributed by atoms with E-state index in [0.717, 1.165) is 30.7 Å². The molecule has 20 heavy (non-hydrogen) atoms. The van der Waals surface area contributed by atoms with Crippen LogP contribution in [0.3, 0.4) is 0 Å². The molecule has 108 valence electrons. The number of imidazole rings is 1. The summed E-state index contributed by atoms with van der Waals surface area (Å²) in [6.07, 6.45) is 0.0999. The Morgan fingerprint density at radius 3 is 2.90 bits per heavy atom. The van der Waals surface area contributed by atoms with Crippen molar-refractivity contribution in [3.63, 3.8) is 0 Å². The Kier molecular flexibility index (Phi) is 3.77. The van der Waals surface area contributed by atoms with Gasteiger partial charge in [0.05, 0.1) is 40.3 Å². The number of halogens is 2. The summed E-state index contributed by atoms with van der Waals surface area (Å²) in [5.74, 6) is 0.454. The summed E-state index contributed by atoms with van der Waals surface area (Å²) in [5.41, 5.74) is 7.64. The van der Waals surface area contributed by atoms with Crippen LogP contribution in [0.25, 0.3) is 11.0 Å². The van der Waals surface area contributed by atoms with Crippen LogP contribution >= 0.6 is 23.2 Å². The molecule has 1 atom stereocenters. The topological polar surface area (TPSA) is 56.3 Å². The standard InChI is InChI=1S/C13H16Cl2N4O/c1-18-2-3-20-8(6-18)7-19-12-5-10(15)9(14)4-11(12)17-13(19)16/h4-5,8H,2-3,6-7H2,1H3,(H2,16,17). The Labute approximate surface area is 127 Å². The third-order valence-electron chi connectivity index (χ3n) is 3.55. The maximum Gasteiger partial charge on any atom is 0.201 e. The molecular weight excluding hydrogens is 299 g/mol. The minimum absolute atomic E-state index is 0.0999. The highest BCUT2D eigenvalue weighted by Gasteiger charge is 2.20. The number of anilines is 1. The second-order valence-corrected chi connectivity index (χ2v) is 5.91. The molecule has 1 fully saturated rings. The van der Waals surface area contributed by atoms with Crippen molar-refractivity contribution < 1.29 is 4.74 Å². The maximum atomic E-state index is 6.08. The van der Waals surface area contributed by atoms with E-state index in [2.05, 4.69) is 16.9 Å². The lowest BCUT2D eigenvalue weighted by Gasteiger charge is -2.30. The fraction of sp³-hybridized carbons (Fsp3) is 0.462. The quantitative estimate of drug-likeness (QED) is 0.923. The Bertz CT molecular complexity index is 643. The van der Waals surface area contributed by atoms with Gasteiger partial charge in [0.15, 0.2) is 0 Å². The summed E-state index contributed by atoms with van der Waals surface area (Å²) in [7, 11) is 2.08. The fourth-order valence-electron chi connectivity index (χ4n) is 2.51. The summed E-state index contributed by atoms with van der Waals surface area (Å²) in [4.78, 5) is 6.57. The number of rotatable bonds is 2. The molecule has 1 unspecified atom stereocenters. The first kappa shape index (κ1) is 13.9. The summed E-state index contributed by atoms with van der Waals surface area (Å²) in [6.45, 7) is 3.23. The molecule has 0 amide bonds. The molecule has 1 aliphatic heterocycles. The van der Waals surface area contributed by atoms with Crippen molar-refractivity contribution in [2.24, 2.45) is 0 Å². The number of nitrogens with two attached hydrogens (primary N) is 1. The molecule has 1 saturated heterocycles. The van der Waals surface area contributed by atoms with Gasteiger partial charge >= 0.3 is 0 Å². The normalized spacial score (nSPS) is 20.6. The number of hydrogen-bond donors (Lipinski definition) is 1. The van der Waals surface area contributed by atoms with E-state index in [1.807, 2.05) is 4.57 Å². The average Bonchev–Trinajstić information content (AvgIpc) is 2.67. The maximum absolute atomic E-state index is 6.08. The molecule has 0 spiro atoms. The van der Waals surface area contributed by atoms with Crippen LogP contribution in [0.4, 0.5) is 5.95 Å². The van der Waals surface area contributed by atoms with Gasteiger partial charge in [-0.3, -0.25) is 0 Å². The van der Waals surface area contributed by atoms with Crippen LogP contribution in [-0.4, -0.2) is 47.3 Å². The van der Waals surface area contributed by atoms with Crippen LogP contribution in [0, 0.1) is 0 Å². The van der Waals surface area contributed by atoms with Crippen molar-refractivity contribution >= 4 is 40.2 Å². The highest BCUT2D eigenvalue weighted by atomic mass is 35.5. The highest BCUT2D eigenvalue weighted by molar-refractivity contribution is 6.42. The zero-order valence-corrected chi connectivity index (χ0v) is 12.7. The predicted octanol–water partition coefficient (Wildman–Crippen LogP) is 2.26. The van der Waals surface area contributed by atoms with Crippen LogP contribution < -0.4 is 5.73 Å². The Morgan fingerprint density at radius 1 is 1.40 bits per heavy atom. The number of likely N-dealkylation sites (N-methyl/N-ethyl adjacent to an activating group) is 1. The zero-order chi connectivity index (χ0) is 14.3. The lowest BCUT2D eigenvalue weighted by Crippen LogP contribution is -2.42. The fourth-order valence-corrected chi connectivity index (χ4v) is 2.83. The van der Waals surface area contributed by atoms with Gasteiger partial charge in [0.2, 0.25) is 5.95 Å². The van der Waals surface area contributed by atoms with Gasteiger partial charge in [-0.25, -0.2) is 4.98 Å². The van der Waals surface area contributed by atoms with Gasteiger partial charge < -0.3 is 19.9 Å². The molecule has 0 bridgehead atoms. The van der Waals surface area contributed by atoms with Crippen LogP contribution in [0.1, 0.15) is 0 Å². The molecule has 1 aromatic carbocycles. The number of fused-ring (bicyclic) bond motifs is 1. The average molecular weight is 315 g/mol. The molecule has 5 nitrogen and oxygen atoms in total. The van der Waals surface area contributed by atoms with Crippen molar-refractivity contribution in [3.05, 3.63) is 22.2 Å². The Hall–Kier alpha value is -1.01. The number of aromatic nitrogens is 2. The first-order valence-electron chi connectivity index (χ1n) is 6.45. The van der Waals surface area contributed by atoms with Gasteiger partial charge in [0.25, 0.3) is 0 Å². The third-order valence-corrected chi connectivity index (χ3v) is 4.27. The molecule has 0 saturated carbocycles. The van der Waals surface area contributed by atoms with E-state index in [1.165, 1.54) is 0 Å². The number of morpholine rings is 1. The van der Waals surface area contributed by atoms with Crippen LogP contribution in [-0.2, 0) is 11.3 Å². The second kappa shape index (κ2) is 5.41. The van der Waals surface area contributed by atoms with Gasteiger partial charge in [0, 0.05) is 13.1 Å². The van der Waals surface area contributed by atoms with Crippen molar-refractivity contribution in [3.8, 4) is 0 Å². The molecule has 7 heteroatoms. The highest BCUT2D eigenvalue weighted by Crippen LogP contribution is 2.29. The summed E-state index contributed by atoms with van der Waals surface area (Å²) in [5, 5.41) is 0.986. The van der Waals surface area contributed by atoms with Crippen molar-refractivity contribution in [2.45, 2.75) is 12.6 Å². The summed E-state index contributed by atoms with van der Waals surface area (Å²) >= 11 is 12.1. The largest absolute Gasteiger partial charge is 0.374 e. The van der Waals surface area contributed by atoms with Gasteiger partial charge in [-0.2, -0.15) is 0 Å². The number of hydrogen-bond acceptors (Lipinski definition) is 4. The Balaban J connectivity index is 1.94. The number of ether oxygens (including phenoxy) is 1. The smallest absolute Gasteiger partial charge is 0.201 e. The van der Waals surface area contributed by atoms with Crippen LogP contribution in [0.5, 0.6) is 0 Å². The summed E-state index contributed by atoms with van der Waals surface area (Å²) in [6, 6.07) is 3.54. The van der Waals surface area contributed by atoms with Gasteiger partial charge in [0.1, 0.15) is 0 Å². The summed E-state index contributed by atoms with van der Waals surface area (Å²) < 4.78 is 7.71. The second-order valence-electron chi connectivity index (χ2n) is 5.09. The van der Waals surface area contributed by atoms with E-state index in [1.54, 1.807) is 12.1 Å². The molecule has 0 radical (unpaired) electrons. The third kappa shape index (κ3) is 2.59. The van der Waals surface area contributed by atoms with Crippen molar-refractivity contribution in [1.82, 2.24) is 14.5 Å².